The summed E-state index contributed by atoms with van der Waals surface area (Å²) >= 11 is 1.50. The zero-order valence-electron chi connectivity index (χ0n) is 6.03. The summed E-state index contributed by atoms with van der Waals surface area (Å²) in [5.41, 5.74) is 1.27. The fourth-order valence-corrected chi connectivity index (χ4v) is 1.70. The van der Waals surface area contributed by atoms with Crippen LogP contribution in [-0.2, 0) is 9.59 Å². The molecule has 0 atom stereocenters. The summed E-state index contributed by atoms with van der Waals surface area (Å²) < 4.78 is 0. The molecule has 2 heterocycles. The van der Waals surface area contributed by atoms with Crippen molar-refractivity contribution >= 4 is 28.7 Å². The predicted octanol–water partition coefficient (Wildman–Crippen LogP) is 0.788. The van der Waals surface area contributed by atoms with E-state index in [2.05, 4.69) is 5.32 Å². The molecule has 1 aliphatic heterocycles. The summed E-state index contributed by atoms with van der Waals surface area (Å²) in [6, 6.07) is 1.81. The Balaban J connectivity index is 2.43. The monoisotopic (exact) mass is 179 g/mol. The molecule has 0 spiro atoms. The van der Waals surface area contributed by atoms with Crippen LogP contribution in [0.5, 0.6) is 0 Å². The maximum atomic E-state index is 11.1. The number of rotatable bonds is 1. The van der Waals surface area contributed by atoms with Gasteiger partial charge in [-0.25, -0.2) is 0 Å². The molecule has 0 saturated heterocycles. The third-order valence-corrected chi connectivity index (χ3v) is 2.27. The highest BCUT2D eigenvalue weighted by molar-refractivity contribution is 7.08. The van der Waals surface area contributed by atoms with E-state index in [0.29, 0.717) is 5.57 Å². The Hall–Kier alpha value is -1.42. The van der Waals surface area contributed by atoms with Crippen LogP contribution in [0.3, 0.4) is 0 Å². The van der Waals surface area contributed by atoms with Crippen LogP contribution in [0.2, 0.25) is 0 Å². The van der Waals surface area contributed by atoms with E-state index < -0.39 is 0 Å². The Morgan fingerprint density at radius 3 is 2.67 bits per heavy atom. The van der Waals surface area contributed by atoms with Crippen LogP contribution in [0.25, 0.3) is 5.57 Å². The molecule has 0 radical (unpaired) electrons. The molecule has 1 aromatic heterocycles. The van der Waals surface area contributed by atoms with Crippen LogP contribution in [0, 0.1) is 0 Å². The molecular formula is C8H5NO2S. The second-order valence-corrected chi connectivity index (χ2v) is 3.17. The number of carbonyl (C=O) groups is 2. The number of imide groups is 1. The van der Waals surface area contributed by atoms with Crippen molar-refractivity contribution in [2.75, 3.05) is 0 Å². The molecular weight excluding hydrogens is 174 g/mol. The highest BCUT2D eigenvalue weighted by atomic mass is 32.1. The van der Waals surface area contributed by atoms with E-state index in [4.69, 9.17) is 0 Å². The minimum absolute atomic E-state index is 0.307. The topological polar surface area (TPSA) is 46.2 Å². The number of thiophene rings is 1. The van der Waals surface area contributed by atoms with Gasteiger partial charge in [0.2, 0.25) is 0 Å². The number of carbonyl (C=O) groups excluding carboxylic acids is 2. The van der Waals surface area contributed by atoms with Crippen molar-refractivity contribution in [3.8, 4) is 0 Å². The molecule has 12 heavy (non-hydrogen) atoms. The van der Waals surface area contributed by atoms with E-state index in [1.807, 2.05) is 16.8 Å². The normalized spacial score (nSPS) is 16.2. The molecule has 0 fully saturated rings. The van der Waals surface area contributed by atoms with Gasteiger partial charge in [0.05, 0.1) is 5.57 Å². The van der Waals surface area contributed by atoms with Crippen LogP contribution in [0.4, 0.5) is 0 Å². The van der Waals surface area contributed by atoms with Crippen molar-refractivity contribution in [2.24, 2.45) is 0 Å². The summed E-state index contributed by atoms with van der Waals surface area (Å²) in [7, 11) is 0. The van der Waals surface area contributed by atoms with Crippen molar-refractivity contribution in [1.29, 1.82) is 0 Å². The maximum absolute atomic E-state index is 11.1. The van der Waals surface area contributed by atoms with Gasteiger partial charge < -0.3 is 0 Å². The summed E-state index contributed by atoms with van der Waals surface area (Å²) in [4.78, 5) is 21.8. The molecule has 3 nitrogen and oxygen atoms in total. The Labute approximate surface area is 72.7 Å². The fourth-order valence-electron chi connectivity index (χ4n) is 1.04. The van der Waals surface area contributed by atoms with Gasteiger partial charge in [-0.15, -0.1) is 0 Å². The lowest BCUT2D eigenvalue weighted by atomic mass is 10.1. The van der Waals surface area contributed by atoms with E-state index in [9.17, 15) is 9.59 Å². The zero-order chi connectivity index (χ0) is 8.55. The van der Waals surface area contributed by atoms with Gasteiger partial charge in [-0.3, -0.25) is 14.9 Å². The van der Waals surface area contributed by atoms with Crippen molar-refractivity contribution in [3.05, 3.63) is 28.5 Å². The van der Waals surface area contributed by atoms with Gasteiger partial charge in [-0.05, 0) is 22.4 Å². The lowest BCUT2D eigenvalue weighted by Gasteiger charge is -1.92. The third kappa shape index (κ3) is 1.06. The van der Waals surface area contributed by atoms with Crippen LogP contribution in [0.15, 0.2) is 22.9 Å². The highest BCUT2D eigenvalue weighted by Crippen LogP contribution is 2.20. The van der Waals surface area contributed by atoms with Crippen LogP contribution < -0.4 is 5.32 Å². The quantitative estimate of drug-likeness (QED) is 0.648. The van der Waals surface area contributed by atoms with Crippen molar-refractivity contribution in [3.63, 3.8) is 0 Å². The van der Waals surface area contributed by atoms with Gasteiger partial charge in [0.15, 0.2) is 0 Å². The van der Waals surface area contributed by atoms with E-state index in [1.54, 1.807) is 0 Å². The van der Waals surface area contributed by atoms with Crippen molar-refractivity contribution in [1.82, 2.24) is 5.32 Å². The van der Waals surface area contributed by atoms with Crippen molar-refractivity contribution < 1.29 is 9.59 Å². The first-order valence-corrected chi connectivity index (χ1v) is 4.31. The minimum Gasteiger partial charge on any atom is -0.289 e. The van der Waals surface area contributed by atoms with E-state index in [1.165, 1.54) is 17.4 Å². The molecule has 0 aliphatic carbocycles. The lowest BCUT2D eigenvalue weighted by Crippen LogP contribution is -2.21. The first kappa shape index (κ1) is 7.24. The lowest BCUT2D eigenvalue weighted by molar-refractivity contribution is -0.123. The molecule has 0 aromatic carbocycles. The molecule has 2 rings (SSSR count). The first-order valence-electron chi connectivity index (χ1n) is 3.37. The van der Waals surface area contributed by atoms with E-state index >= 15 is 0 Å². The van der Waals surface area contributed by atoms with E-state index in [-0.39, 0.29) is 11.8 Å². The van der Waals surface area contributed by atoms with Crippen LogP contribution >= 0.6 is 11.3 Å². The molecule has 60 valence electrons. The average Bonchev–Trinajstić information content (AvgIpc) is 2.58. The Morgan fingerprint density at radius 1 is 1.33 bits per heavy atom. The van der Waals surface area contributed by atoms with E-state index in [0.717, 1.165) is 5.56 Å². The molecule has 0 saturated carbocycles. The second kappa shape index (κ2) is 2.57. The minimum atomic E-state index is -0.332. The van der Waals surface area contributed by atoms with Gasteiger partial charge in [0.25, 0.3) is 11.8 Å². The number of amides is 2. The van der Waals surface area contributed by atoms with Gasteiger partial charge in [-0.2, -0.15) is 11.3 Å². The first-order chi connectivity index (χ1) is 5.77. The molecule has 4 heteroatoms. The molecule has 0 unspecified atom stereocenters. The largest absolute Gasteiger partial charge is 0.289 e. The van der Waals surface area contributed by atoms with Crippen LogP contribution in [0.1, 0.15) is 5.56 Å². The number of hydrogen-bond donors (Lipinski definition) is 1. The van der Waals surface area contributed by atoms with Gasteiger partial charge in [0.1, 0.15) is 0 Å². The SMILES string of the molecule is O=C1C=C(c2ccsc2)C(=O)N1. The van der Waals surface area contributed by atoms with Gasteiger partial charge >= 0.3 is 0 Å². The Morgan fingerprint density at radius 2 is 2.17 bits per heavy atom. The highest BCUT2D eigenvalue weighted by Gasteiger charge is 2.21. The summed E-state index contributed by atoms with van der Waals surface area (Å²) in [6.07, 6.45) is 1.32. The summed E-state index contributed by atoms with van der Waals surface area (Å²) in [5, 5.41) is 5.89. The molecule has 1 N–H and O–H groups in total. The molecule has 1 aromatic rings. The average molecular weight is 179 g/mol. The van der Waals surface area contributed by atoms with Gasteiger partial charge in [-0.1, -0.05) is 0 Å². The molecule has 2 amide bonds. The number of hydrogen-bond acceptors (Lipinski definition) is 3. The third-order valence-electron chi connectivity index (χ3n) is 1.59. The molecule has 1 aliphatic rings. The number of nitrogens with one attached hydrogen (secondary N) is 1. The Kier molecular flexibility index (Phi) is 1.55. The maximum Gasteiger partial charge on any atom is 0.258 e. The zero-order valence-corrected chi connectivity index (χ0v) is 6.85. The molecule has 0 bridgehead atoms. The fraction of sp³-hybridized carbons (Fsp3) is 0. The summed E-state index contributed by atoms with van der Waals surface area (Å²) in [6.45, 7) is 0. The smallest absolute Gasteiger partial charge is 0.258 e. The second-order valence-electron chi connectivity index (χ2n) is 2.39. The predicted molar refractivity (Wildman–Crippen MR) is 45.4 cm³/mol. The standard InChI is InChI=1S/C8H5NO2S/c10-7-3-6(8(11)9-7)5-1-2-12-4-5/h1-4H,(H,9,10,11). The van der Waals surface area contributed by atoms with Crippen LogP contribution in [-0.4, -0.2) is 11.8 Å². The summed E-state index contributed by atoms with van der Waals surface area (Å²) in [5.74, 6) is -0.639. The van der Waals surface area contributed by atoms with Crippen molar-refractivity contribution in [2.45, 2.75) is 0 Å². The van der Waals surface area contributed by atoms with Gasteiger partial charge in [0, 0.05) is 6.08 Å². The Bertz CT molecular complexity index is 364.